The minimum atomic E-state index is -0.161. The van der Waals surface area contributed by atoms with E-state index in [0.29, 0.717) is 23.6 Å². The molecular formula is C18H16ClN5OS. The summed E-state index contributed by atoms with van der Waals surface area (Å²) in [7, 11) is 0. The van der Waals surface area contributed by atoms with Crippen molar-refractivity contribution in [2.75, 3.05) is 0 Å². The molecule has 26 heavy (non-hydrogen) atoms. The quantitative estimate of drug-likeness (QED) is 0.569. The molecule has 6 nitrogen and oxygen atoms in total. The van der Waals surface area contributed by atoms with E-state index in [1.54, 1.807) is 22.2 Å². The molecule has 0 unspecified atom stereocenters. The lowest BCUT2D eigenvalue weighted by molar-refractivity contribution is 0.0949. The van der Waals surface area contributed by atoms with Crippen LogP contribution in [-0.4, -0.2) is 25.1 Å². The van der Waals surface area contributed by atoms with Gasteiger partial charge in [0.1, 0.15) is 0 Å². The molecule has 8 heteroatoms. The van der Waals surface area contributed by atoms with Crippen LogP contribution in [0.5, 0.6) is 0 Å². The van der Waals surface area contributed by atoms with E-state index in [1.807, 2.05) is 53.4 Å². The minimum absolute atomic E-state index is 0.161. The summed E-state index contributed by atoms with van der Waals surface area (Å²) in [5.41, 5.74) is 3.07. The number of carbonyl (C=O) groups excluding carboxylic acids is 1. The summed E-state index contributed by atoms with van der Waals surface area (Å²) in [6, 6.07) is 7.41. The van der Waals surface area contributed by atoms with Gasteiger partial charge in [0.05, 0.1) is 35.4 Å². The highest BCUT2D eigenvalue weighted by Gasteiger charge is 2.17. The normalized spacial score (nSPS) is 11.2. The Balaban J connectivity index is 1.55. The van der Waals surface area contributed by atoms with Gasteiger partial charge < -0.3 is 5.32 Å². The van der Waals surface area contributed by atoms with Crippen LogP contribution >= 0.6 is 22.9 Å². The van der Waals surface area contributed by atoms with E-state index in [-0.39, 0.29) is 5.91 Å². The van der Waals surface area contributed by atoms with Crippen LogP contribution in [0.3, 0.4) is 0 Å². The van der Waals surface area contributed by atoms with Crippen molar-refractivity contribution in [3.05, 3.63) is 70.2 Å². The molecular weight excluding hydrogens is 370 g/mol. The maximum absolute atomic E-state index is 12.6. The van der Waals surface area contributed by atoms with Gasteiger partial charge in [-0.25, -0.2) is 9.67 Å². The van der Waals surface area contributed by atoms with Gasteiger partial charge in [-0.15, -0.1) is 11.3 Å². The fraction of sp³-hybridized carbons (Fsp3) is 0.167. The zero-order chi connectivity index (χ0) is 18.1. The Labute approximate surface area is 159 Å². The lowest BCUT2D eigenvalue weighted by Crippen LogP contribution is -2.24. The third-order valence-electron chi connectivity index (χ3n) is 4.07. The molecule has 1 amide bonds. The Kier molecular flexibility index (Phi) is 4.48. The van der Waals surface area contributed by atoms with E-state index >= 15 is 0 Å². The van der Waals surface area contributed by atoms with Gasteiger partial charge in [0.15, 0.2) is 4.96 Å². The van der Waals surface area contributed by atoms with Crippen molar-refractivity contribution in [1.29, 1.82) is 0 Å². The number of nitrogens with one attached hydrogen (secondary N) is 1. The van der Waals surface area contributed by atoms with Gasteiger partial charge in [-0.1, -0.05) is 24.6 Å². The van der Waals surface area contributed by atoms with Crippen LogP contribution in [0.2, 0.25) is 5.02 Å². The highest BCUT2D eigenvalue weighted by molar-refractivity contribution is 7.15. The number of fused-ring (bicyclic) bond motifs is 1. The van der Waals surface area contributed by atoms with Gasteiger partial charge in [0, 0.05) is 22.8 Å². The largest absolute Gasteiger partial charge is 0.346 e. The molecule has 0 aliphatic carbocycles. The number of carbonyl (C=O) groups is 1. The van der Waals surface area contributed by atoms with Crippen LogP contribution in [0.1, 0.15) is 28.7 Å². The van der Waals surface area contributed by atoms with Crippen LogP contribution < -0.4 is 5.32 Å². The van der Waals surface area contributed by atoms with Crippen LogP contribution in [-0.2, 0) is 13.0 Å². The van der Waals surface area contributed by atoms with Crippen molar-refractivity contribution in [3.63, 3.8) is 0 Å². The maximum Gasteiger partial charge on any atom is 0.255 e. The monoisotopic (exact) mass is 385 g/mol. The summed E-state index contributed by atoms with van der Waals surface area (Å²) in [6.07, 6.45) is 6.14. The van der Waals surface area contributed by atoms with E-state index in [0.717, 1.165) is 22.0 Å². The second-order valence-electron chi connectivity index (χ2n) is 5.76. The zero-order valence-corrected chi connectivity index (χ0v) is 15.6. The summed E-state index contributed by atoms with van der Waals surface area (Å²) in [6.45, 7) is 2.37. The number of rotatable bonds is 5. The van der Waals surface area contributed by atoms with Gasteiger partial charge in [0.2, 0.25) is 0 Å². The van der Waals surface area contributed by atoms with Crippen molar-refractivity contribution in [1.82, 2.24) is 24.5 Å². The molecule has 3 aromatic heterocycles. The third kappa shape index (κ3) is 3.11. The Hall–Kier alpha value is -2.64. The highest BCUT2D eigenvalue weighted by atomic mass is 35.5. The van der Waals surface area contributed by atoms with E-state index in [9.17, 15) is 4.79 Å². The number of aromatic nitrogens is 4. The summed E-state index contributed by atoms with van der Waals surface area (Å²) in [5, 5.41) is 9.91. The van der Waals surface area contributed by atoms with E-state index in [1.165, 1.54) is 0 Å². The number of hydrogen-bond acceptors (Lipinski definition) is 4. The number of halogens is 1. The SMILES string of the molecule is CCc1c(C(=O)NCc2cn3ccsc3n2)cnn1-c1cccc(Cl)c1. The fourth-order valence-electron chi connectivity index (χ4n) is 2.86. The molecule has 0 atom stereocenters. The first-order valence-corrected chi connectivity index (χ1v) is 9.43. The molecule has 3 heterocycles. The standard InChI is InChI=1S/C18H16ClN5OS/c1-2-16-15(10-21-24(16)14-5-3-4-12(19)8-14)17(25)20-9-13-11-23-6-7-26-18(23)22-13/h3-8,10-11H,2,9H2,1H3,(H,20,25). The van der Waals surface area contributed by atoms with Gasteiger partial charge in [-0.3, -0.25) is 9.20 Å². The Bertz CT molecular complexity index is 1050. The van der Waals surface area contributed by atoms with Crippen LogP contribution in [0.4, 0.5) is 0 Å². The van der Waals surface area contributed by atoms with Crippen LogP contribution in [0, 0.1) is 0 Å². The lowest BCUT2D eigenvalue weighted by atomic mass is 10.2. The third-order valence-corrected chi connectivity index (χ3v) is 5.08. The lowest BCUT2D eigenvalue weighted by Gasteiger charge is -2.08. The van der Waals surface area contributed by atoms with Gasteiger partial charge in [0.25, 0.3) is 5.91 Å². The van der Waals surface area contributed by atoms with Crippen molar-refractivity contribution < 1.29 is 4.79 Å². The number of benzene rings is 1. The molecule has 0 bridgehead atoms. The molecule has 132 valence electrons. The average Bonchev–Trinajstić information content (AvgIpc) is 3.33. The number of thiazole rings is 1. The first kappa shape index (κ1) is 16.8. The minimum Gasteiger partial charge on any atom is -0.346 e. The van der Waals surface area contributed by atoms with E-state index in [2.05, 4.69) is 15.4 Å². The summed E-state index contributed by atoms with van der Waals surface area (Å²) >= 11 is 7.63. The predicted octanol–water partition coefficient (Wildman–Crippen LogP) is 3.73. The summed E-state index contributed by atoms with van der Waals surface area (Å²) in [4.78, 5) is 18.0. The van der Waals surface area contributed by atoms with Crippen molar-refractivity contribution in [3.8, 4) is 5.69 Å². The average molecular weight is 386 g/mol. The molecule has 1 N–H and O–H groups in total. The molecule has 0 radical (unpaired) electrons. The number of imidazole rings is 1. The van der Waals surface area contributed by atoms with Gasteiger partial charge in [-0.05, 0) is 24.6 Å². The topological polar surface area (TPSA) is 64.2 Å². The zero-order valence-electron chi connectivity index (χ0n) is 14.0. The summed E-state index contributed by atoms with van der Waals surface area (Å²) < 4.78 is 3.70. The molecule has 0 saturated heterocycles. The first-order chi connectivity index (χ1) is 12.7. The van der Waals surface area contributed by atoms with Crippen molar-refractivity contribution >= 4 is 33.8 Å². The molecule has 0 spiro atoms. The Morgan fingerprint density at radius 2 is 2.27 bits per heavy atom. The number of nitrogens with zero attached hydrogens (tertiary/aromatic N) is 4. The maximum atomic E-state index is 12.6. The van der Waals surface area contributed by atoms with Gasteiger partial charge in [-0.2, -0.15) is 5.10 Å². The number of amides is 1. The smallest absolute Gasteiger partial charge is 0.255 e. The predicted molar refractivity (Wildman–Crippen MR) is 102 cm³/mol. The van der Waals surface area contributed by atoms with E-state index in [4.69, 9.17) is 11.6 Å². The molecule has 0 aliphatic heterocycles. The molecule has 0 aliphatic rings. The molecule has 4 rings (SSSR count). The molecule has 1 aromatic carbocycles. The first-order valence-electron chi connectivity index (χ1n) is 8.18. The Morgan fingerprint density at radius 3 is 3.04 bits per heavy atom. The van der Waals surface area contributed by atoms with Crippen LogP contribution in [0.15, 0.2) is 48.2 Å². The number of hydrogen-bond donors (Lipinski definition) is 1. The second-order valence-corrected chi connectivity index (χ2v) is 7.07. The van der Waals surface area contributed by atoms with Crippen molar-refractivity contribution in [2.24, 2.45) is 0 Å². The van der Waals surface area contributed by atoms with E-state index < -0.39 is 0 Å². The van der Waals surface area contributed by atoms with Crippen molar-refractivity contribution in [2.45, 2.75) is 19.9 Å². The molecule has 4 aromatic rings. The Morgan fingerprint density at radius 1 is 1.38 bits per heavy atom. The molecule has 0 fully saturated rings. The molecule has 0 saturated carbocycles. The summed E-state index contributed by atoms with van der Waals surface area (Å²) in [5.74, 6) is -0.161. The van der Waals surface area contributed by atoms with Gasteiger partial charge >= 0.3 is 0 Å². The second kappa shape index (κ2) is 6.93. The highest BCUT2D eigenvalue weighted by Crippen LogP contribution is 2.19. The van der Waals surface area contributed by atoms with Crippen LogP contribution in [0.25, 0.3) is 10.6 Å². The fourth-order valence-corrected chi connectivity index (χ4v) is 3.76.